The molecule has 116 valence electrons. The Morgan fingerprint density at radius 2 is 1.10 bits per heavy atom. The molecule has 0 rings (SSSR count). The van der Waals surface area contributed by atoms with Crippen LogP contribution in [-0.4, -0.2) is 39.4 Å². The maximum atomic E-state index is 11.8. The first-order valence-electron chi connectivity index (χ1n) is 6.78. The van der Waals surface area contributed by atoms with E-state index >= 15 is 0 Å². The fourth-order valence-electron chi connectivity index (χ4n) is 1.29. The van der Waals surface area contributed by atoms with Gasteiger partial charge in [-0.15, -0.1) is 0 Å². The Bertz CT molecular complexity index is 303. The third-order valence-corrected chi connectivity index (χ3v) is 2.45. The molecule has 6 heteroatoms. The number of carbonyl (C=O) groups excluding carboxylic acids is 2. The van der Waals surface area contributed by atoms with Crippen molar-refractivity contribution in [1.82, 2.24) is 0 Å². The van der Waals surface area contributed by atoms with Crippen molar-refractivity contribution < 1.29 is 28.5 Å². The minimum atomic E-state index is -0.731. The molecule has 0 saturated heterocycles. The Kier molecular flexibility index (Phi) is 10.2. The predicted octanol–water partition coefficient (Wildman–Crippen LogP) is 2.18. The molecule has 0 amide bonds. The highest BCUT2D eigenvalue weighted by Crippen LogP contribution is 2.11. The Morgan fingerprint density at radius 1 is 0.750 bits per heavy atom. The van der Waals surface area contributed by atoms with Crippen LogP contribution in [0.5, 0.6) is 0 Å². The maximum absolute atomic E-state index is 11.8. The third-order valence-electron chi connectivity index (χ3n) is 2.45. The number of ether oxygens (including phenoxy) is 4. The number of hydrogen-bond acceptors (Lipinski definition) is 6. The fourth-order valence-corrected chi connectivity index (χ4v) is 1.29. The summed E-state index contributed by atoms with van der Waals surface area (Å²) >= 11 is 0. The van der Waals surface area contributed by atoms with Crippen LogP contribution in [0, 0.1) is 0 Å². The molecule has 0 spiro atoms. The zero-order valence-electron chi connectivity index (χ0n) is 12.7. The smallest absolute Gasteiger partial charge is 0.377 e. The zero-order valence-corrected chi connectivity index (χ0v) is 12.7. The molecular formula is C14H24O6. The number of hydrogen-bond donors (Lipinski definition) is 0. The second-order valence-corrected chi connectivity index (χ2v) is 4.05. The lowest BCUT2D eigenvalue weighted by Crippen LogP contribution is -2.19. The highest BCUT2D eigenvalue weighted by atomic mass is 16.6. The quantitative estimate of drug-likeness (QED) is 0.265. The molecule has 0 saturated carbocycles. The van der Waals surface area contributed by atoms with Crippen LogP contribution in [0.15, 0.2) is 11.5 Å². The molecule has 0 aliphatic heterocycles. The van der Waals surface area contributed by atoms with Gasteiger partial charge in [0.05, 0.1) is 27.4 Å². The van der Waals surface area contributed by atoms with Crippen molar-refractivity contribution >= 4 is 11.9 Å². The van der Waals surface area contributed by atoms with Crippen LogP contribution in [-0.2, 0) is 28.5 Å². The summed E-state index contributed by atoms with van der Waals surface area (Å²) in [5.74, 6) is -2.01. The highest BCUT2D eigenvalue weighted by molar-refractivity contribution is 5.97. The molecule has 0 aromatic heterocycles. The number of rotatable bonds is 10. The van der Waals surface area contributed by atoms with Crippen molar-refractivity contribution in [3.63, 3.8) is 0 Å². The van der Waals surface area contributed by atoms with E-state index in [2.05, 4.69) is 0 Å². The number of unbranched alkanes of at least 4 members (excludes halogenated alkanes) is 2. The Hall–Kier alpha value is -1.72. The molecule has 20 heavy (non-hydrogen) atoms. The summed E-state index contributed by atoms with van der Waals surface area (Å²) < 4.78 is 19.8. The van der Waals surface area contributed by atoms with Gasteiger partial charge in [0.1, 0.15) is 0 Å². The van der Waals surface area contributed by atoms with Crippen molar-refractivity contribution in [3.05, 3.63) is 11.5 Å². The number of methoxy groups -OCH3 is 2. The van der Waals surface area contributed by atoms with Crippen LogP contribution in [0.25, 0.3) is 0 Å². The van der Waals surface area contributed by atoms with Gasteiger partial charge >= 0.3 is 11.9 Å². The molecule has 0 radical (unpaired) electrons. The summed E-state index contributed by atoms with van der Waals surface area (Å²) in [5.41, 5.74) is 0. The molecule has 0 heterocycles. The van der Waals surface area contributed by atoms with E-state index in [-0.39, 0.29) is 24.7 Å². The van der Waals surface area contributed by atoms with Crippen LogP contribution in [0.4, 0.5) is 0 Å². The van der Waals surface area contributed by atoms with E-state index in [9.17, 15) is 9.59 Å². The van der Waals surface area contributed by atoms with Gasteiger partial charge in [0, 0.05) is 0 Å². The van der Waals surface area contributed by atoms with Crippen molar-refractivity contribution in [3.8, 4) is 0 Å². The average Bonchev–Trinajstić information content (AvgIpc) is 2.44. The topological polar surface area (TPSA) is 71.1 Å². The van der Waals surface area contributed by atoms with Crippen molar-refractivity contribution in [2.75, 3.05) is 27.4 Å². The zero-order chi connectivity index (χ0) is 15.4. The van der Waals surface area contributed by atoms with Crippen LogP contribution in [0.2, 0.25) is 0 Å². The predicted molar refractivity (Wildman–Crippen MR) is 72.8 cm³/mol. The summed E-state index contributed by atoms with van der Waals surface area (Å²) in [6, 6.07) is 0. The second-order valence-electron chi connectivity index (χ2n) is 4.05. The van der Waals surface area contributed by atoms with Crippen LogP contribution in [0.3, 0.4) is 0 Å². The molecule has 0 unspecified atom stereocenters. The number of carbonyl (C=O) groups is 2. The van der Waals surface area contributed by atoms with Crippen molar-refractivity contribution in [2.45, 2.75) is 39.5 Å². The van der Waals surface area contributed by atoms with E-state index in [0.29, 0.717) is 0 Å². The van der Waals surface area contributed by atoms with Gasteiger partial charge < -0.3 is 18.9 Å². The second kappa shape index (κ2) is 11.1. The van der Waals surface area contributed by atoms with Crippen LogP contribution < -0.4 is 0 Å². The van der Waals surface area contributed by atoms with E-state index in [1.165, 1.54) is 14.2 Å². The van der Waals surface area contributed by atoms with E-state index in [4.69, 9.17) is 18.9 Å². The van der Waals surface area contributed by atoms with Gasteiger partial charge in [0.2, 0.25) is 0 Å². The van der Waals surface area contributed by atoms with Crippen molar-refractivity contribution in [2.24, 2.45) is 0 Å². The molecule has 0 fully saturated rings. The molecule has 0 atom stereocenters. The molecule has 0 bridgehead atoms. The summed E-state index contributed by atoms with van der Waals surface area (Å²) in [6.07, 6.45) is 3.28. The molecule has 0 N–H and O–H groups in total. The maximum Gasteiger partial charge on any atom is 0.377 e. The highest BCUT2D eigenvalue weighted by Gasteiger charge is 2.25. The fraction of sp³-hybridized carbons (Fsp3) is 0.714. The van der Waals surface area contributed by atoms with Gasteiger partial charge in [0.15, 0.2) is 0 Å². The first kappa shape index (κ1) is 18.3. The van der Waals surface area contributed by atoms with Gasteiger partial charge in [-0.05, 0) is 12.8 Å². The molecule has 0 aromatic rings. The third kappa shape index (κ3) is 6.45. The van der Waals surface area contributed by atoms with Crippen LogP contribution >= 0.6 is 0 Å². The normalized spacial score (nSPS) is 11.4. The summed E-state index contributed by atoms with van der Waals surface area (Å²) in [7, 11) is 2.55. The molecule has 0 aliphatic carbocycles. The Labute approximate surface area is 120 Å². The van der Waals surface area contributed by atoms with E-state index in [1.54, 1.807) is 0 Å². The van der Waals surface area contributed by atoms with E-state index in [1.807, 2.05) is 13.8 Å². The monoisotopic (exact) mass is 288 g/mol. The lowest BCUT2D eigenvalue weighted by atomic mass is 10.3. The Morgan fingerprint density at radius 3 is 1.35 bits per heavy atom. The van der Waals surface area contributed by atoms with Gasteiger partial charge in [-0.1, -0.05) is 26.7 Å². The van der Waals surface area contributed by atoms with Gasteiger partial charge in [-0.2, -0.15) is 0 Å². The van der Waals surface area contributed by atoms with Gasteiger partial charge in [-0.25, -0.2) is 9.59 Å². The lowest BCUT2D eigenvalue weighted by molar-refractivity contribution is -0.148. The largest absolute Gasteiger partial charge is 0.487 e. The summed E-state index contributed by atoms with van der Waals surface area (Å²) in [6.45, 7) is 4.49. The minimum absolute atomic E-state index is 0.268. The Balaban J connectivity index is 4.77. The van der Waals surface area contributed by atoms with E-state index in [0.717, 1.165) is 25.7 Å². The van der Waals surface area contributed by atoms with Crippen LogP contribution in [0.1, 0.15) is 39.5 Å². The number of esters is 2. The lowest BCUT2D eigenvalue weighted by Gasteiger charge is -2.12. The summed E-state index contributed by atoms with van der Waals surface area (Å²) in [5, 5.41) is 0. The molecule has 0 aromatic carbocycles. The average molecular weight is 288 g/mol. The first-order chi connectivity index (χ1) is 9.62. The molecular weight excluding hydrogens is 264 g/mol. The molecule has 6 nitrogen and oxygen atoms in total. The molecule has 0 aliphatic rings. The standard InChI is InChI=1S/C14H24O6/c1-5-7-9-19-13(15)11(17-3)12(18-4)14(16)20-10-8-6-2/h5-10H2,1-4H3/b12-11-. The van der Waals surface area contributed by atoms with Crippen molar-refractivity contribution in [1.29, 1.82) is 0 Å². The summed E-state index contributed by atoms with van der Waals surface area (Å²) in [4.78, 5) is 23.6. The van der Waals surface area contributed by atoms with E-state index < -0.39 is 11.9 Å². The van der Waals surface area contributed by atoms with Gasteiger partial charge in [-0.3, -0.25) is 0 Å². The minimum Gasteiger partial charge on any atom is -0.487 e. The SMILES string of the molecule is CCCCOC(=O)/C(OC)=C(/OC)C(=O)OCCCC. The first-order valence-corrected chi connectivity index (χ1v) is 6.78. The van der Waals surface area contributed by atoms with Gasteiger partial charge in [0.25, 0.3) is 11.5 Å².